The van der Waals surface area contributed by atoms with Crippen molar-refractivity contribution >= 4 is 28.9 Å². The topological polar surface area (TPSA) is 41.1 Å². The number of hydrogen-bond acceptors (Lipinski definition) is 2. The zero-order chi connectivity index (χ0) is 14.8. The van der Waals surface area contributed by atoms with Gasteiger partial charge in [-0.1, -0.05) is 25.4 Å². The molecule has 20 heavy (non-hydrogen) atoms. The van der Waals surface area contributed by atoms with Crippen LogP contribution in [0, 0.1) is 5.41 Å². The van der Waals surface area contributed by atoms with Crippen LogP contribution in [0.2, 0.25) is 5.02 Å². The van der Waals surface area contributed by atoms with Crippen LogP contribution in [0.1, 0.15) is 46.5 Å². The van der Waals surface area contributed by atoms with Crippen LogP contribution >= 0.6 is 11.6 Å². The predicted molar refractivity (Wildman–Crippen MR) is 85.4 cm³/mol. The van der Waals surface area contributed by atoms with Crippen LogP contribution in [-0.4, -0.2) is 11.9 Å². The summed E-state index contributed by atoms with van der Waals surface area (Å²) < 4.78 is 0. The quantitative estimate of drug-likeness (QED) is 0.850. The minimum Gasteiger partial charge on any atom is -0.382 e. The average Bonchev–Trinajstić information content (AvgIpc) is 2.35. The average molecular weight is 295 g/mol. The Bertz CT molecular complexity index is 489. The van der Waals surface area contributed by atoms with Crippen molar-refractivity contribution in [2.45, 2.75) is 52.5 Å². The first-order valence-electron chi connectivity index (χ1n) is 7.19. The molecule has 1 amide bonds. The number of hydrogen-bond donors (Lipinski definition) is 2. The molecule has 0 unspecified atom stereocenters. The standard InChI is InChI=1S/C16H23ClN2O/c1-11(20)18-15-5-4-13(10-14(15)17)19-12-6-8-16(2,3)9-7-12/h4-5,10,12,19H,6-9H2,1-3H3,(H,18,20). The number of nitrogens with one attached hydrogen (secondary N) is 2. The van der Waals surface area contributed by atoms with E-state index in [4.69, 9.17) is 11.6 Å². The van der Waals surface area contributed by atoms with Gasteiger partial charge in [-0.05, 0) is 49.3 Å². The predicted octanol–water partition coefficient (Wildman–Crippen LogP) is 4.68. The summed E-state index contributed by atoms with van der Waals surface area (Å²) in [5.74, 6) is -0.109. The number of anilines is 2. The molecular formula is C16H23ClN2O. The molecule has 0 aromatic heterocycles. The summed E-state index contributed by atoms with van der Waals surface area (Å²) in [6, 6.07) is 6.22. The number of carbonyl (C=O) groups is 1. The minimum absolute atomic E-state index is 0.109. The Balaban J connectivity index is 1.97. The molecular weight excluding hydrogens is 272 g/mol. The number of rotatable bonds is 3. The van der Waals surface area contributed by atoms with Crippen molar-refractivity contribution in [2.24, 2.45) is 5.41 Å². The second-order valence-electron chi connectivity index (χ2n) is 6.46. The monoisotopic (exact) mass is 294 g/mol. The van der Waals surface area contributed by atoms with E-state index in [1.807, 2.05) is 18.2 Å². The van der Waals surface area contributed by atoms with Crippen LogP contribution in [0.4, 0.5) is 11.4 Å². The third kappa shape index (κ3) is 4.14. The number of halogens is 1. The Morgan fingerprint density at radius 2 is 1.95 bits per heavy atom. The lowest BCUT2D eigenvalue weighted by Gasteiger charge is -2.35. The molecule has 4 heteroatoms. The third-order valence-electron chi connectivity index (χ3n) is 3.99. The van der Waals surface area contributed by atoms with Gasteiger partial charge in [-0.15, -0.1) is 0 Å². The maximum atomic E-state index is 11.0. The van der Waals surface area contributed by atoms with Crippen LogP contribution < -0.4 is 10.6 Å². The molecule has 1 aromatic carbocycles. The smallest absolute Gasteiger partial charge is 0.221 e. The molecule has 0 heterocycles. The number of amides is 1. The highest BCUT2D eigenvalue weighted by Gasteiger charge is 2.26. The summed E-state index contributed by atoms with van der Waals surface area (Å²) in [6.45, 7) is 6.15. The van der Waals surface area contributed by atoms with Gasteiger partial charge in [-0.25, -0.2) is 0 Å². The lowest BCUT2D eigenvalue weighted by Crippen LogP contribution is -2.29. The van der Waals surface area contributed by atoms with E-state index in [2.05, 4.69) is 24.5 Å². The van der Waals surface area contributed by atoms with Gasteiger partial charge in [0.25, 0.3) is 0 Å². The Kier molecular flexibility index (Phi) is 4.59. The Labute approximate surface area is 126 Å². The summed E-state index contributed by atoms with van der Waals surface area (Å²) in [4.78, 5) is 11.0. The number of benzene rings is 1. The maximum Gasteiger partial charge on any atom is 0.221 e. The molecule has 1 saturated carbocycles. The summed E-state index contributed by atoms with van der Waals surface area (Å²) in [5, 5.41) is 6.83. The van der Waals surface area contributed by atoms with E-state index in [0.29, 0.717) is 22.2 Å². The van der Waals surface area contributed by atoms with Crippen LogP contribution in [0.15, 0.2) is 18.2 Å². The van der Waals surface area contributed by atoms with Crippen molar-refractivity contribution in [1.29, 1.82) is 0 Å². The molecule has 0 atom stereocenters. The highest BCUT2D eigenvalue weighted by molar-refractivity contribution is 6.34. The van der Waals surface area contributed by atoms with Crippen molar-refractivity contribution < 1.29 is 4.79 Å². The van der Waals surface area contributed by atoms with E-state index in [1.54, 1.807) is 0 Å². The molecule has 3 nitrogen and oxygen atoms in total. The van der Waals surface area contributed by atoms with E-state index >= 15 is 0 Å². The highest BCUT2D eigenvalue weighted by atomic mass is 35.5. The van der Waals surface area contributed by atoms with Crippen LogP contribution in [0.5, 0.6) is 0 Å². The van der Waals surface area contributed by atoms with Crippen molar-refractivity contribution in [3.05, 3.63) is 23.2 Å². The first kappa shape index (κ1) is 15.2. The fraction of sp³-hybridized carbons (Fsp3) is 0.562. The van der Waals surface area contributed by atoms with Gasteiger partial charge in [-0.2, -0.15) is 0 Å². The van der Waals surface area contributed by atoms with Gasteiger partial charge < -0.3 is 10.6 Å². The Hall–Kier alpha value is -1.22. The molecule has 0 spiro atoms. The van der Waals surface area contributed by atoms with Gasteiger partial charge in [-0.3, -0.25) is 4.79 Å². The van der Waals surface area contributed by atoms with Crippen molar-refractivity contribution in [3.8, 4) is 0 Å². The highest BCUT2D eigenvalue weighted by Crippen LogP contribution is 2.36. The molecule has 0 bridgehead atoms. The van der Waals surface area contributed by atoms with Gasteiger partial charge in [0.15, 0.2) is 0 Å². The molecule has 1 fully saturated rings. The maximum absolute atomic E-state index is 11.0. The summed E-state index contributed by atoms with van der Waals surface area (Å²) >= 11 is 6.18. The Morgan fingerprint density at radius 3 is 2.50 bits per heavy atom. The molecule has 0 radical (unpaired) electrons. The molecule has 110 valence electrons. The molecule has 0 aliphatic heterocycles. The van der Waals surface area contributed by atoms with Crippen LogP contribution in [0.3, 0.4) is 0 Å². The van der Waals surface area contributed by atoms with Crippen molar-refractivity contribution in [1.82, 2.24) is 0 Å². The molecule has 2 N–H and O–H groups in total. The van der Waals surface area contributed by atoms with Gasteiger partial charge in [0, 0.05) is 18.7 Å². The second kappa shape index (κ2) is 6.04. The van der Waals surface area contributed by atoms with E-state index in [-0.39, 0.29) is 5.91 Å². The molecule has 1 aromatic rings. The summed E-state index contributed by atoms with van der Waals surface area (Å²) in [7, 11) is 0. The van der Waals surface area contributed by atoms with E-state index < -0.39 is 0 Å². The van der Waals surface area contributed by atoms with Crippen LogP contribution in [-0.2, 0) is 4.79 Å². The fourth-order valence-electron chi connectivity index (χ4n) is 2.68. The number of carbonyl (C=O) groups excluding carboxylic acids is 1. The third-order valence-corrected chi connectivity index (χ3v) is 4.30. The van der Waals surface area contributed by atoms with Gasteiger partial charge in [0.1, 0.15) is 0 Å². The lowest BCUT2D eigenvalue weighted by molar-refractivity contribution is -0.114. The fourth-order valence-corrected chi connectivity index (χ4v) is 2.90. The zero-order valence-electron chi connectivity index (χ0n) is 12.4. The van der Waals surface area contributed by atoms with Gasteiger partial charge >= 0.3 is 0 Å². The van der Waals surface area contributed by atoms with E-state index in [1.165, 1.54) is 32.6 Å². The van der Waals surface area contributed by atoms with Crippen molar-refractivity contribution in [2.75, 3.05) is 10.6 Å². The van der Waals surface area contributed by atoms with E-state index in [9.17, 15) is 4.79 Å². The van der Waals surface area contributed by atoms with E-state index in [0.717, 1.165) is 5.69 Å². The van der Waals surface area contributed by atoms with Crippen LogP contribution in [0.25, 0.3) is 0 Å². The van der Waals surface area contributed by atoms with Gasteiger partial charge in [0.05, 0.1) is 10.7 Å². The largest absolute Gasteiger partial charge is 0.382 e. The molecule has 1 aliphatic carbocycles. The SMILES string of the molecule is CC(=O)Nc1ccc(NC2CCC(C)(C)CC2)cc1Cl. The first-order chi connectivity index (χ1) is 9.35. The molecule has 0 saturated heterocycles. The van der Waals surface area contributed by atoms with Crippen molar-refractivity contribution in [3.63, 3.8) is 0 Å². The van der Waals surface area contributed by atoms with Gasteiger partial charge in [0.2, 0.25) is 5.91 Å². The summed E-state index contributed by atoms with van der Waals surface area (Å²) in [6.07, 6.45) is 4.89. The minimum atomic E-state index is -0.109. The summed E-state index contributed by atoms with van der Waals surface area (Å²) in [5.41, 5.74) is 2.16. The first-order valence-corrected chi connectivity index (χ1v) is 7.57. The second-order valence-corrected chi connectivity index (χ2v) is 6.87. The molecule has 1 aliphatic rings. The normalized spacial score (nSPS) is 18.6. The zero-order valence-corrected chi connectivity index (χ0v) is 13.2. The lowest BCUT2D eigenvalue weighted by atomic mass is 9.75. The Morgan fingerprint density at radius 1 is 1.30 bits per heavy atom. The molecule has 2 rings (SSSR count).